The van der Waals surface area contributed by atoms with E-state index in [-0.39, 0.29) is 32.9 Å². The molecule has 3 aromatic carbocycles. The van der Waals surface area contributed by atoms with Crippen molar-refractivity contribution in [3.05, 3.63) is 106 Å². The van der Waals surface area contributed by atoms with Crippen LogP contribution in [0.3, 0.4) is 0 Å². The second-order valence-electron chi connectivity index (χ2n) is 12.4. The number of benzene rings is 3. The largest absolute Gasteiger partial charge is 0.488 e. The number of nitrogens with one attached hydrogen (secondary N) is 1. The summed E-state index contributed by atoms with van der Waals surface area (Å²) in [5.41, 5.74) is 7.35. The maximum Gasteiger partial charge on any atom is 0.286 e. The van der Waals surface area contributed by atoms with Crippen molar-refractivity contribution in [2.45, 2.75) is 45.1 Å². The third kappa shape index (κ3) is 11.0. The zero-order chi connectivity index (χ0) is 39.6. The fourth-order valence-electron chi connectivity index (χ4n) is 5.61. The smallest absolute Gasteiger partial charge is 0.286 e. The van der Waals surface area contributed by atoms with E-state index in [2.05, 4.69) is 16.2 Å². The average molecular weight is 777 g/mol. The monoisotopic (exact) mass is 776 g/mol. The zero-order valence-electron chi connectivity index (χ0n) is 30.1. The Bertz CT molecular complexity index is 2290. The van der Waals surface area contributed by atoms with E-state index >= 15 is 0 Å². The zero-order valence-corrected chi connectivity index (χ0v) is 31.7. The summed E-state index contributed by atoms with van der Waals surface area (Å²) < 4.78 is 79.7. The van der Waals surface area contributed by atoms with Gasteiger partial charge in [0, 0.05) is 36.1 Å². The van der Waals surface area contributed by atoms with Gasteiger partial charge in [0.1, 0.15) is 43.1 Å². The lowest BCUT2D eigenvalue weighted by Crippen LogP contribution is -2.44. The van der Waals surface area contributed by atoms with Crippen molar-refractivity contribution in [3.8, 4) is 46.8 Å². The lowest BCUT2D eigenvalue weighted by Gasteiger charge is -2.21. The van der Waals surface area contributed by atoms with Gasteiger partial charge in [-0.1, -0.05) is 36.3 Å². The Hall–Kier alpha value is -5.49. The van der Waals surface area contributed by atoms with Gasteiger partial charge in [-0.2, -0.15) is 22.1 Å². The predicted octanol–water partition coefficient (Wildman–Crippen LogP) is 4.37. The number of ether oxygens (including phenoxy) is 3. The Kier molecular flexibility index (Phi) is 13.8. The van der Waals surface area contributed by atoms with E-state index in [4.69, 9.17) is 20.6 Å². The number of aryl methyl sites for hydroxylation is 1. The summed E-state index contributed by atoms with van der Waals surface area (Å²) in [4.78, 5) is 18.3. The highest BCUT2D eigenvalue weighted by Gasteiger charge is 2.35. The summed E-state index contributed by atoms with van der Waals surface area (Å²) in [5.74, 6) is 3.37. The minimum atomic E-state index is -5.22. The molecular weight excluding hydrogens is 737 g/mol. The first-order chi connectivity index (χ1) is 25.5. The summed E-state index contributed by atoms with van der Waals surface area (Å²) in [6.07, 6.45) is 8.40. The third-order valence-corrected chi connectivity index (χ3v) is 11.5. The van der Waals surface area contributed by atoms with Gasteiger partial charge >= 0.3 is 0 Å². The normalized spacial score (nSPS) is 11.5. The fourth-order valence-corrected chi connectivity index (χ4v) is 7.43. The van der Waals surface area contributed by atoms with Crippen LogP contribution in [0, 0.1) is 44.4 Å². The maximum atomic E-state index is 12.6. The number of terminal acetylenes is 1. The van der Waals surface area contributed by atoms with Crippen molar-refractivity contribution < 1.29 is 44.9 Å². The highest BCUT2D eigenvalue weighted by atomic mass is 32.3. The van der Waals surface area contributed by atoms with Crippen molar-refractivity contribution >= 4 is 26.1 Å². The van der Waals surface area contributed by atoms with Gasteiger partial charge in [-0.05, 0) is 79.4 Å². The molecule has 4 aromatic rings. The number of likely N-dealkylation sites (N-methyl/N-ethyl adjacent to an activating group) is 1. The van der Waals surface area contributed by atoms with Crippen molar-refractivity contribution in [1.82, 2.24) is 15.2 Å². The van der Waals surface area contributed by atoms with E-state index in [1.54, 1.807) is 30.3 Å². The number of rotatable bonds is 17. The number of nitriles is 1. The Balaban J connectivity index is 1.56. The number of hydrogen-bond donors (Lipinski definition) is 3. The first-order valence-corrected chi connectivity index (χ1v) is 19.4. The number of amides is 1. The lowest BCUT2D eigenvalue weighted by molar-refractivity contribution is -0.121. The highest BCUT2D eigenvalue weighted by Crippen LogP contribution is 2.35. The maximum absolute atomic E-state index is 12.6. The third-order valence-electron chi connectivity index (χ3n) is 8.37. The molecule has 0 aliphatic carbocycles. The fraction of sp³-hybridized carbons (Fsp3) is 0.289. The van der Waals surface area contributed by atoms with Crippen LogP contribution in [-0.4, -0.2) is 73.1 Å². The van der Waals surface area contributed by atoms with Crippen molar-refractivity contribution in [2.24, 2.45) is 0 Å². The van der Waals surface area contributed by atoms with Gasteiger partial charge in [-0.3, -0.25) is 23.8 Å². The van der Waals surface area contributed by atoms with E-state index in [1.165, 1.54) is 6.20 Å². The molecule has 0 atom stereocenters. The highest BCUT2D eigenvalue weighted by molar-refractivity contribution is 8.04. The van der Waals surface area contributed by atoms with E-state index in [0.29, 0.717) is 33.9 Å². The van der Waals surface area contributed by atoms with Gasteiger partial charge in [-0.25, -0.2) is 0 Å². The van der Waals surface area contributed by atoms with Crippen LogP contribution in [0.25, 0.3) is 11.1 Å². The van der Waals surface area contributed by atoms with Gasteiger partial charge in [0.05, 0.1) is 18.7 Å². The van der Waals surface area contributed by atoms with E-state index in [0.717, 1.165) is 33.4 Å². The van der Waals surface area contributed by atoms with E-state index in [1.807, 2.05) is 69.3 Å². The molecule has 4 rings (SSSR count). The average Bonchev–Trinajstić information content (AvgIpc) is 3.10. The molecule has 0 aliphatic rings. The molecule has 3 N–H and O–H groups in total. The second kappa shape index (κ2) is 18.0. The van der Waals surface area contributed by atoms with Gasteiger partial charge < -0.3 is 19.5 Å². The van der Waals surface area contributed by atoms with Crippen LogP contribution in [0.2, 0.25) is 0 Å². The van der Waals surface area contributed by atoms with Gasteiger partial charge in [0.15, 0.2) is 0 Å². The number of carbonyl (C=O) groups excluding carboxylic acids is 1. The SMILES string of the molecule is C#CCOc1cccc(-c2cccc(COc3cc(OCc4cncc(C#N)c4)c(CN(C)CC(=O)NCC(S(=O)(=O)O)S(=O)(=O)O)cc3C)c2C)c1C. The van der Waals surface area contributed by atoms with Gasteiger partial charge in [0.2, 0.25) is 10.5 Å². The molecule has 0 bridgehead atoms. The predicted molar refractivity (Wildman–Crippen MR) is 201 cm³/mol. The molecule has 1 amide bonds. The molecule has 0 saturated carbocycles. The Labute approximate surface area is 315 Å². The van der Waals surface area contributed by atoms with Crippen molar-refractivity contribution in [3.63, 3.8) is 0 Å². The summed E-state index contributed by atoms with van der Waals surface area (Å²) in [7, 11) is -8.84. The molecular formula is C38H40N4O10S2. The minimum Gasteiger partial charge on any atom is -0.488 e. The Morgan fingerprint density at radius 1 is 0.889 bits per heavy atom. The number of aromatic nitrogens is 1. The summed E-state index contributed by atoms with van der Waals surface area (Å²) in [6.45, 7) is 5.07. The van der Waals surface area contributed by atoms with Crippen LogP contribution in [0.4, 0.5) is 0 Å². The molecule has 14 nitrogen and oxygen atoms in total. The second-order valence-corrected chi connectivity index (χ2v) is 15.9. The van der Waals surface area contributed by atoms with Crippen LogP contribution < -0.4 is 19.5 Å². The van der Waals surface area contributed by atoms with Crippen molar-refractivity contribution in [2.75, 3.05) is 26.7 Å². The molecule has 0 radical (unpaired) electrons. The number of nitrogens with zero attached hydrogens (tertiary/aromatic N) is 3. The molecule has 1 heterocycles. The van der Waals surface area contributed by atoms with Crippen LogP contribution in [-0.2, 0) is 44.8 Å². The number of pyridine rings is 1. The first kappa shape index (κ1) is 41.3. The molecule has 0 unspecified atom stereocenters. The molecule has 0 spiro atoms. The first-order valence-electron chi connectivity index (χ1n) is 16.4. The Morgan fingerprint density at radius 3 is 2.22 bits per heavy atom. The Morgan fingerprint density at radius 2 is 1.56 bits per heavy atom. The topological polar surface area (TPSA) is 205 Å². The van der Waals surface area contributed by atoms with Crippen LogP contribution in [0.15, 0.2) is 67.0 Å². The summed E-state index contributed by atoms with van der Waals surface area (Å²) in [6, 6.07) is 19.1. The molecule has 0 aliphatic heterocycles. The van der Waals surface area contributed by atoms with E-state index < -0.39 is 37.3 Å². The molecule has 0 fully saturated rings. The van der Waals surface area contributed by atoms with Crippen LogP contribution >= 0.6 is 0 Å². The molecule has 16 heteroatoms. The van der Waals surface area contributed by atoms with Crippen LogP contribution in [0.1, 0.15) is 38.9 Å². The van der Waals surface area contributed by atoms with Gasteiger partial charge in [-0.15, -0.1) is 6.42 Å². The molecule has 284 valence electrons. The van der Waals surface area contributed by atoms with Crippen LogP contribution in [0.5, 0.6) is 17.2 Å². The number of hydrogen-bond acceptors (Lipinski definition) is 11. The summed E-state index contributed by atoms with van der Waals surface area (Å²) >= 11 is 0. The quantitative estimate of drug-likeness (QED) is 0.101. The molecule has 54 heavy (non-hydrogen) atoms. The number of carbonyl (C=O) groups is 1. The standard InChI is InChI=1S/C38H40N4O10S2/c1-6-13-50-34-12-8-11-33(27(34)4)32-10-7-9-30(26(32)3)24-52-35-16-36(51-23-29-15-28(17-39)18-40-19-29)31(14-25(35)2)21-42(5)22-37(43)41-20-38(53(44,45)46)54(47,48)49/h1,7-12,14-16,18-19,38H,13,20-24H2,2-5H3,(H,41,43)(H,44,45,46)(H,47,48,49). The van der Waals surface area contributed by atoms with E-state index in [9.17, 15) is 36.0 Å². The van der Waals surface area contributed by atoms with Crippen molar-refractivity contribution in [1.29, 1.82) is 5.26 Å². The lowest BCUT2D eigenvalue weighted by atomic mass is 9.93. The molecule has 1 aromatic heterocycles. The molecule has 0 saturated heterocycles. The summed E-state index contributed by atoms with van der Waals surface area (Å²) in [5, 5.41) is 11.4. The van der Waals surface area contributed by atoms with Gasteiger partial charge in [0.25, 0.3) is 20.2 Å². The minimum absolute atomic E-state index is 0.0551.